The van der Waals surface area contributed by atoms with Crippen LogP contribution >= 0.6 is 47.8 Å². The van der Waals surface area contributed by atoms with Gasteiger partial charge in [0.2, 0.25) is 0 Å². The van der Waals surface area contributed by atoms with Crippen molar-refractivity contribution in [3.63, 3.8) is 0 Å². The van der Waals surface area contributed by atoms with Crippen LogP contribution in [0.4, 0.5) is 5.69 Å². The molecule has 1 aromatic heterocycles. The molecule has 0 spiro atoms. The Balaban J connectivity index is 2.17. The van der Waals surface area contributed by atoms with E-state index in [0.717, 1.165) is 31.3 Å². The van der Waals surface area contributed by atoms with Gasteiger partial charge < -0.3 is 5.32 Å². The molecule has 0 bridgehead atoms. The summed E-state index contributed by atoms with van der Waals surface area (Å²) in [7, 11) is 1.93. The topological polar surface area (TPSA) is 29.9 Å². The van der Waals surface area contributed by atoms with Crippen LogP contribution in [0, 0.1) is 0 Å². The SMILES string of the molecule is Cn1nccc1CNc1c(Br)cc(Br)cc1Br. The predicted octanol–water partition coefficient (Wildman–Crippen LogP) is 4.32. The minimum absolute atomic E-state index is 0.731. The highest BCUT2D eigenvalue weighted by atomic mass is 79.9. The lowest BCUT2D eigenvalue weighted by Gasteiger charge is -2.11. The molecule has 2 rings (SSSR count). The maximum Gasteiger partial charge on any atom is 0.0632 e. The second kappa shape index (κ2) is 5.54. The van der Waals surface area contributed by atoms with Gasteiger partial charge in [-0.05, 0) is 50.1 Å². The molecule has 0 radical (unpaired) electrons. The van der Waals surface area contributed by atoms with Gasteiger partial charge in [0.05, 0.1) is 17.9 Å². The molecule has 0 saturated heterocycles. The van der Waals surface area contributed by atoms with Crippen LogP contribution in [0.25, 0.3) is 0 Å². The van der Waals surface area contributed by atoms with E-state index in [-0.39, 0.29) is 0 Å². The van der Waals surface area contributed by atoms with Crippen molar-refractivity contribution in [3.8, 4) is 0 Å². The number of aromatic nitrogens is 2. The lowest BCUT2D eigenvalue weighted by Crippen LogP contribution is -2.06. The van der Waals surface area contributed by atoms with Crippen molar-refractivity contribution in [3.05, 3.63) is 43.5 Å². The highest BCUT2D eigenvalue weighted by Gasteiger charge is 2.07. The molecule has 0 atom stereocenters. The van der Waals surface area contributed by atoms with Crippen molar-refractivity contribution in [2.45, 2.75) is 6.54 Å². The minimum Gasteiger partial charge on any atom is -0.378 e. The molecule has 0 unspecified atom stereocenters. The van der Waals surface area contributed by atoms with E-state index in [4.69, 9.17) is 0 Å². The van der Waals surface area contributed by atoms with Crippen LogP contribution in [-0.2, 0) is 13.6 Å². The lowest BCUT2D eigenvalue weighted by atomic mass is 10.3. The van der Waals surface area contributed by atoms with Gasteiger partial charge >= 0.3 is 0 Å². The van der Waals surface area contributed by atoms with E-state index in [1.165, 1.54) is 0 Å². The fraction of sp³-hybridized carbons (Fsp3) is 0.182. The fourth-order valence-corrected chi connectivity index (χ4v) is 4.00. The molecule has 3 nitrogen and oxygen atoms in total. The van der Waals surface area contributed by atoms with Crippen molar-refractivity contribution in [1.82, 2.24) is 9.78 Å². The van der Waals surface area contributed by atoms with Gasteiger partial charge in [-0.25, -0.2) is 0 Å². The number of nitrogens with one attached hydrogen (secondary N) is 1. The first-order chi connectivity index (χ1) is 8.08. The van der Waals surface area contributed by atoms with Crippen LogP contribution in [0.5, 0.6) is 0 Å². The Morgan fingerprint density at radius 1 is 1.24 bits per heavy atom. The fourth-order valence-electron chi connectivity index (χ4n) is 1.46. The van der Waals surface area contributed by atoms with E-state index in [1.54, 1.807) is 6.20 Å². The van der Waals surface area contributed by atoms with Crippen molar-refractivity contribution >= 4 is 53.5 Å². The lowest BCUT2D eigenvalue weighted by molar-refractivity contribution is 0.720. The Labute approximate surface area is 125 Å². The summed E-state index contributed by atoms with van der Waals surface area (Å²) in [5.41, 5.74) is 2.17. The second-order valence-electron chi connectivity index (χ2n) is 3.54. The Hall–Kier alpha value is -0.330. The summed E-state index contributed by atoms with van der Waals surface area (Å²) in [5.74, 6) is 0. The highest BCUT2D eigenvalue weighted by Crippen LogP contribution is 2.34. The number of halogens is 3. The molecule has 17 heavy (non-hydrogen) atoms. The molecule has 2 aromatic rings. The molecular weight excluding hydrogens is 414 g/mol. The maximum atomic E-state index is 4.13. The average Bonchev–Trinajstić information content (AvgIpc) is 2.62. The number of aryl methyl sites for hydroxylation is 1. The van der Waals surface area contributed by atoms with E-state index >= 15 is 0 Å². The molecule has 1 aromatic carbocycles. The zero-order chi connectivity index (χ0) is 12.4. The van der Waals surface area contributed by atoms with Gasteiger partial charge in [-0.1, -0.05) is 15.9 Å². The highest BCUT2D eigenvalue weighted by molar-refractivity contribution is 9.11. The number of benzene rings is 1. The Morgan fingerprint density at radius 2 is 1.88 bits per heavy atom. The summed E-state index contributed by atoms with van der Waals surface area (Å²) in [6.45, 7) is 0.731. The number of rotatable bonds is 3. The van der Waals surface area contributed by atoms with Crippen molar-refractivity contribution < 1.29 is 0 Å². The Morgan fingerprint density at radius 3 is 2.41 bits per heavy atom. The maximum absolute atomic E-state index is 4.13. The third kappa shape index (κ3) is 3.11. The number of hydrogen-bond donors (Lipinski definition) is 1. The van der Waals surface area contributed by atoms with E-state index < -0.39 is 0 Å². The molecule has 0 saturated carbocycles. The van der Waals surface area contributed by atoms with Gasteiger partial charge in [0.15, 0.2) is 0 Å². The molecule has 6 heteroatoms. The minimum atomic E-state index is 0.731. The Kier molecular flexibility index (Phi) is 4.27. The smallest absolute Gasteiger partial charge is 0.0632 e. The van der Waals surface area contributed by atoms with Gasteiger partial charge in [0.1, 0.15) is 0 Å². The first-order valence-electron chi connectivity index (χ1n) is 4.93. The van der Waals surface area contributed by atoms with Crippen LogP contribution < -0.4 is 5.32 Å². The zero-order valence-corrected chi connectivity index (χ0v) is 13.8. The van der Waals surface area contributed by atoms with Crippen LogP contribution in [0.3, 0.4) is 0 Å². The van der Waals surface area contributed by atoms with E-state index in [2.05, 4.69) is 58.2 Å². The first kappa shape index (κ1) is 13.1. The monoisotopic (exact) mass is 421 g/mol. The Bertz CT molecular complexity index is 514. The van der Waals surface area contributed by atoms with Gasteiger partial charge in [-0.15, -0.1) is 0 Å². The number of nitrogens with zero attached hydrogens (tertiary/aromatic N) is 2. The first-order valence-corrected chi connectivity index (χ1v) is 7.31. The van der Waals surface area contributed by atoms with Crippen LogP contribution in [0.1, 0.15) is 5.69 Å². The molecule has 90 valence electrons. The van der Waals surface area contributed by atoms with Crippen molar-refractivity contribution in [2.75, 3.05) is 5.32 Å². The van der Waals surface area contributed by atoms with Crippen LogP contribution in [0.15, 0.2) is 37.8 Å². The van der Waals surface area contributed by atoms with E-state index in [9.17, 15) is 0 Å². The van der Waals surface area contributed by atoms with Gasteiger partial charge in [-0.2, -0.15) is 5.10 Å². The normalized spacial score (nSPS) is 10.6. The van der Waals surface area contributed by atoms with Crippen LogP contribution in [0.2, 0.25) is 0 Å². The van der Waals surface area contributed by atoms with Gasteiger partial charge in [-0.3, -0.25) is 4.68 Å². The quantitative estimate of drug-likeness (QED) is 0.796. The number of hydrogen-bond acceptors (Lipinski definition) is 2. The van der Waals surface area contributed by atoms with E-state index in [0.29, 0.717) is 0 Å². The second-order valence-corrected chi connectivity index (χ2v) is 6.17. The molecule has 0 aliphatic carbocycles. The molecule has 0 aliphatic heterocycles. The summed E-state index contributed by atoms with van der Waals surface area (Å²) >= 11 is 10.5. The summed E-state index contributed by atoms with van der Waals surface area (Å²) < 4.78 is 4.91. The van der Waals surface area contributed by atoms with E-state index in [1.807, 2.05) is 29.9 Å². The molecule has 1 heterocycles. The van der Waals surface area contributed by atoms with Gasteiger partial charge in [0.25, 0.3) is 0 Å². The molecule has 0 amide bonds. The van der Waals surface area contributed by atoms with Crippen molar-refractivity contribution in [1.29, 1.82) is 0 Å². The molecule has 1 N–H and O–H groups in total. The average molecular weight is 424 g/mol. The zero-order valence-electron chi connectivity index (χ0n) is 9.04. The van der Waals surface area contributed by atoms with Crippen LogP contribution in [-0.4, -0.2) is 9.78 Å². The third-order valence-corrected chi connectivity index (χ3v) is 4.08. The predicted molar refractivity (Wildman–Crippen MR) is 80.1 cm³/mol. The standard InChI is InChI=1S/C11H10Br3N3/c1-17-8(2-3-16-17)6-15-11-9(13)4-7(12)5-10(11)14/h2-5,15H,6H2,1H3. The summed E-state index contributed by atoms with van der Waals surface area (Å²) in [6, 6.07) is 6.01. The third-order valence-electron chi connectivity index (χ3n) is 2.38. The molecular formula is C11H10Br3N3. The summed E-state index contributed by atoms with van der Waals surface area (Å²) in [5, 5.41) is 7.51. The summed E-state index contributed by atoms with van der Waals surface area (Å²) in [6.07, 6.45) is 1.79. The number of anilines is 1. The molecule has 0 aliphatic rings. The van der Waals surface area contributed by atoms with Crippen molar-refractivity contribution in [2.24, 2.45) is 7.05 Å². The summed E-state index contributed by atoms with van der Waals surface area (Å²) in [4.78, 5) is 0. The molecule has 0 fully saturated rings. The largest absolute Gasteiger partial charge is 0.378 e. The van der Waals surface area contributed by atoms with Gasteiger partial charge in [0, 0.05) is 26.7 Å².